The zero-order chi connectivity index (χ0) is 11.3. The van der Waals surface area contributed by atoms with Gasteiger partial charge in [0.1, 0.15) is 11.7 Å². The van der Waals surface area contributed by atoms with E-state index in [-0.39, 0.29) is 17.7 Å². The predicted molar refractivity (Wildman–Crippen MR) is 56.5 cm³/mol. The summed E-state index contributed by atoms with van der Waals surface area (Å²) in [5.74, 6) is -0.0187. The number of Topliss-reactive ketones (excluding diaryl/α,β-unsaturated/α-hetero) is 1. The van der Waals surface area contributed by atoms with Crippen LogP contribution in [0.5, 0.6) is 0 Å². The Morgan fingerprint density at radius 2 is 2.38 bits per heavy atom. The summed E-state index contributed by atoms with van der Waals surface area (Å²) >= 11 is 0. The number of aromatic nitrogens is 1. The third-order valence-electron chi connectivity index (χ3n) is 3.34. The predicted octanol–water partition coefficient (Wildman–Crippen LogP) is 0.549. The van der Waals surface area contributed by atoms with E-state index < -0.39 is 0 Å². The third-order valence-corrected chi connectivity index (χ3v) is 3.34. The molecule has 0 saturated carbocycles. The van der Waals surface area contributed by atoms with Gasteiger partial charge in [-0.25, -0.2) is 5.01 Å². The number of amides is 1. The second-order valence-electron chi connectivity index (χ2n) is 4.33. The van der Waals surface area contributed by atoms with Gasteiger partial charge in [0.15, 0.2) is 5.78 Å². The first-order valence-corrected chi connectivity index (χ1v) is 5.43. The van der Waals surface area contributed by atoms with Crippen LogP contribution in [0.2, 0.25) is 0 Å². The van der Waals surface area contributed by atoms with Crippen molar-refractivity contribution < 1.29 is 9.59 Å². The van der Waals surface area contributed by atoms with Crippen molar-refractivity contribution >= 4 is 11.7 Å². The van der Waals surface area contributed by atoms with E-state index in [1.807, 2.05) is 11.1 Å². The van der Waals surface area contributed by atoms with Gasteiger partial charge in [0.2, 0.25) is 0 Å². The maximum atomic E-state index is 12.2. The van der Waals surface area contributed by atoms with Crippen LogP contribution in [0.25, 0.3) is 0 Å². The Balaban J connectivity index is 2.01. The lowest BCUT2D eigenvalue weighted by molar-refractivity contribution is -0.124. The van der Waals surface area contributed by atoms with Crippen molar-refractivity contribution in [1.29, 1.82) is 0 Å². The molecule has 3 heterocycles. The van der Waals surface area contributed by atoms with Gasteiger partial charge >= 0.3 is 0 Å². The summed E-state index contributed by atoms with van der Waals surface area (Å²) in [5, 5.41) is 3.58. The van der Waals surface area contributed by atoms with Gasteiger partial charge < -0.3 is 4.98 Å². The van der Waals surface area contributed by atoms with Crippen LogP contribution < -0.4 is 0 Å². The molecule has 1 saturated heterocycles. The molecular formula is C11H13N3O2. The molecule has 1 aromatic rings. The maximum absolute atomic E-state index is 12.2. The average Bonchev–Trinajstić information content (AvgIpc) is 2.83. The van der Waals surface area contributed by atoms with E-state index in [9.17, 15) is 9.59 Å². The summed E-state index contributed by atoms with van der Waals surface area (Å²) in [4.78, 5) is 26.6. The van der Waals surface area contributed by atoms with E-state index in [4.69, 9.17) is 0 Å². The summed E-state index contributed by atoms with van der Waals surface area (Å²) in [5.41, 5.74) is 1.65. The lowest BCUT2D eigenvalue weighted by Gasteiger charge is -2.34. The molecule has 1 amide bonds. The minimum Gasteiger partial charge on any atom is -0.357 e. The van der Waals surface area contributed by atoms with E-state index >= 15 is 0 Å². The van der Waals surface area contributed by atoms with Crippen LogP contribution in [0, 0.1) is 0 Å². The Morgan fingerprint density at radius 3 is 3.12 bits per heavy atom. The first-order chi connectivity index (χ1) is 7.68. The molecule has 2 aliphatic heterocycles. The molecule has 1 unspecified atom stereocenters. The van der Waals surface area contributed by atoms with Crippen molar-refractivity contribution in [3.8, 4) is 0 Å². The lowest BCUT2D eigenvalue weighted by atomic mass is 10.1. The second-order valence-corrected chi connectivity index (χ2v) is 4.33. The van der Waals surface area contributed by atoms with Gasteiger partial charge in [0.05, 0.1) is 0 Å². The van der Waals surface area contributed by atoms with Crippen LogP contribution >= 0.6 is 0 Å². The Kier molecular flexibility index (Phi) is 1.91. The van der Waals surface area contributed by atoms with Crippen LogP contribution in [0.1, 0.15) is 29.4 Å². The number of rotatable bonds is 1. The smallest absolute Gasteiger partial charge is 0.285 e. The van der Waals surface area contributed by atoms with E-state index in [0.717, 1.165) is 18.5 Å². The topological polar surface area (TPSA) is 56.4 Å². The van der Waals surface area contributed by atoms with Crippen molar-refractivity contribution in [3.63, 3.8) is 0 Å². The zero-order valence-electron chi connectivity index (χ0n) is 9.06. The summed E-state index contributed by atoms with van der Waals surface area (Å²) < 4.78 is 0. The largest absolute Gasteiger partial charge is 0.357 e. The second kappa shape index (κ2) is 3.18. The Bertz CT molecular complexity index is 466. The van der Waals surface area contributed by atoms with Gasteiger partial charge in [-0.2, -0.15) is 0 Å². The normalized spacial score (nSPS) is 24.4. The number of fused-ring (bicyclic) bond motifs is 2. The molecule has 5 nitrogen and oxygen atoms in total. The Labute approximate surface area is 93.0 Å². The molecule has 0 aromatic carbocycles. The van der Waals surface area contributed by atoms with E-state index in [1.54, 1.807) is 18.1 Å². The summed E-state index contributed by atoms with van der Waals surface area (Å²) in [6, 6.07) is 1.65. The molecule has 0 spiro atoms. The molecule has 1 atom stereocenters. The number of hydrogen-bond donors (Lipinski definition) is 1. The van der Waals surface area contributed by atoms with Crippen molar-refractivity contribution in [3.05, 3.63) is 23.5 Å². The Hall–Kier alpha value is -1.62. The molecule has 0 aliphatic carbocycles. The van der Waals surface area contributed by atoms with Gasteiger partial charge in [-0.15, -0.1) is 0 Å². The van der Waals surface area contributed by atoms with Gasteiger partial charge in [-0.05, 0) is 25.0 Å². The molecule has 1 N–H and O–H groups in total. The highest BCUT2D eigenvalue weighted by Crippen LogP contribution is 2.29. The SMILES string of the molecule is CC(=O)C1CCN2Cc3cc[nH]c3C(=O)N12. The van der Waals surface area contributed by atoms with Crippen molar-refractivity contribution in [2.24, 2.45) is 0 Å². The fourth-order valence-electron chi connectivity index (χ4n) is 2.54. The van der Waals surface area contributed by atoms with Crippen LogP contribution in [-0.2, 0) is 11.3 Å². The molecule has 0 radical (unpaired) electrons. The van der Waals surface area contributed by atoms with Gasteiger partial charge in [0, 0.05) is 19.3 Å². The molecule has 3 rings (SSSR count). The zero-order valence-corrected chi connectivity index (χ0v) is 9.06. The number of carbonyl (C=O) groups excluding carboxylic acids is 2. The highest BCUT2D eigenvalue weighted by molar-refractivity contribution is 5.98. The molecular weight excluding hydrogens is 206 g/mol. The van der Waals surface area contributed by atoms with Crippen LogP contribution in [-0.4, -0.2) is 39.3 Å². The Morgan fingerprint density at radius 1 is 1.56 bits per heavy atom. The minimum atomic E-state index is -0.274. The fraction of sp³-hybridized carbons (Fsp3) is 0.455. The number of H-pyrrole nitrogens is 1. The highest BCUT2D eigenvalue weighted by atomic mass is 16.2. The molecule has 1 aromatic heterocycles. The third kappa shape index (κ3) is 1.15. The monoisotopic (exact) mass is 219 g/mol. The molecule has 84 valence electrons. The van der Waals surface area contributed by atoms with Gasteiger partial charge in [-0.3, -0.25) is 14.6 Å². The van der Waals surface area contributed by atoms with Crippen molar-refractivity contribution in [2.75, 3.05) is 6.54 Å². The number of nitrogens with zero attached hydrogens (tertiary/aromatic N) is 2. The van der Waals surface area contributed by atoms with Crippen LogP contribution in [0.4, 0.5) is 0 Å². The van der Waals surface area contributed by atoms with E-state index in [2.05, 4.69) is 4.98 Å². The summed E-state index contributed by atoms with van der Waals surface area (Å²) in [6.45, 7) is 3.04. The van der Waals surface area contributed by atoms with Crippen molar-refractivity contribution in [2.45, 2.75) is 25.9 Å². The summed E-state index contributed by atoms with van der Waals surface area (Å²) in [6.07, 6.45) is 2.51. The standard InChI is InChI=1S/C11H13N3O2/c1-7(15)9-3-5-13-6-8-2-4-12-10(8)11(16)14(9)13/h2,4,9,12H,3,5-6H2,1H3. The number of carbonyl (C=O) groups is 2. The number of hydrazine groups is 1. The summed E-state index contributed by atoms with van der Waals surface area (Å²) in [7, 11) is 0. The number of hydrogen-bond acceptors (Lipinski definition) is 3. The first kappa shape index (κ1) is 9.59. The lowest BCUT2D eigenvalue weighted by Crippen LogP contribution is -2.50. The molecule has 1 fully saturated rings. The van der Waals surface area contributed by atoms with E-state index in [1.165, 1.54) is 0 Å². The first-order valence-electron chi connectivity index (χ1n) is 5.43. The maximum Gasteiger partial charge on any atom is 0.285 e. The van der Waals surface area contributed by atoms with Gasteiger partial charge in [0.25, 0.3) is 5.91 Å². The quantitative estimate of drug-likeness (QED) is 0.750. The van der Waals surface area contributed by atoms with Gasteiger partial charge in [-0.1, -0.05) is 0 Å². The highest BCUT2D eigenvalue weighted by Gasteiger charge is 2.42. The molecule has 2 aliphatic rings. The average molecular weight is 219 g/mol. The van der Waals surface area contributed by atoms with Crippen molar-refractivity contribution in [1.82, 2.24) is 15.0 Å². The number of nitrogens with one attached hydrogen (secondary N) is 1. The number of ketones is 1. The molecule has 0 bridgehead atoms. The minimum absolute atomic E-state index is 0.0610. The van der Waals surface area contributed by atoms with E-state index in [0.29, 0.717) is 12.2 Å². The van der Waals surface area contributed by atoms with Crippen LogP contribution in [0.15, 0.2) is 12.3 Å². The molecule has 5 heteroatoms. The van der Waals surface area contributed by atoms with Crippen LogP contribution in [0.3, 0.4) is 0 Å². The fourth-order valence-corrected chi connectivity index (χ4v) is 2.54. The molecule has 16 heavy (non-hydrogen) atoms. The number of aromatic amines is 1.